The first kappa shape index (κ1) is 22.8. The molecule has 4 rings (SSSR count). The SMILES string of the molecule is Cc1cc(C)nc(N2CCN(c3ccc(N)cc3COCCCN3CCOCC3)CC2)c1. The smallest absolute Gasteiger partial charge is 0.129 e. The van der Waals surface area contributed by atoms with Crippen molar-refractivity contribution in [1.29, 1.82) is 0 Å². The van der Waals surface area contributed by atoms with Crippen molar-refractivity contribution in [1.82, 2.24) is 9.88 Å². The second-order valence-electron chi connectivity index (χ2n) is 8.87. The monoisotopic (exact) mass is 439 g/mol. The molecule has 3 heterocycles. The first-order chi connectivity index (χ1) is 15.6. The zero-order chi connectivity index (χ0) is 22.3. The van der Waals surface area contributed by atoms with E-state index in [0.717, 1.165) is 89.3 Å². The number of rotatable bonds is 8. The van der Waals surface area contributed by atoms with E-state index >= 15 is 0 Å². The summed E-state index contributed by atoms with van der Waals surface area (Å²) in [5.74, 6) is 1.09. The van der Waals surface area contributed by atoms with Crippen molar-refractivity contribution in [3.8, 4) is 0 Å². The molecule has 2 aliphatic heterocycles. The summed E-state index contributed by atoms with van der Waals surface area (Å²) in [6, 6.07) is 10.5. The average Bonchev–Trinajstić information content (AvgIpc) is 2.79. The molecule has 2 aliphatic rings. The summed E-state index contributed by atoms with van der Waals surface area (Å²) in [6.07, 6.45) is 1.04. The molecule has 32 heavy (non-hydrogen) atoms. The van der Waals surface area contributed by atoms with Gasteiger partial charge in [0.25, 0.3) is 0 Å². The lowest BCUT2D eigenvalue weighted by Crippen LogP contribution is -2.47. The van der Waals surface area contributed by atoms with Crippen molar-refractivity contribution in [2.75, 3.05) is 81.2 Å². The number of aryl methyl sites for hydroxylation is 2. The molecule has 2 fully saturated rings. The molecule has 0 saturated carbocycles. The lowest BCUT2D eigenvalue weighted by atomic mass is 10.1. The van der Waals surface area contributed by atoms with Gasteiger partial charge in [0, 0.05) is 75.1 Å². The van der Waals surface area contributed by atoms with Crippen molar-refractivity contribution >= 4 is 17.2 Å². The number of aromatic nitrogens is 1. The minimum Gasteiger partial charge on any atom is -0.399 e. The summed E-state index contributed by atoms with van der Waals surface area (Å²) < 4.78 is 11.5. The molecule has 2 saturated heterocycles. The number of piperazine rings is 1. The highest BCUT2D eigenvalue weighted by Gasteiger charge is 2.21. The number of hydrogen-bond donors (Lipinski definition) is 1. The Morgan fingerprint density at radius 2 is 1.72 bits per heavy atom. The number of hydrogen-bond acceptors (Lipinski definition) is 7. The number of nitrogens with zero attached hydrogens (tertiary/aromatic N) is 4. The highest BCUT2D eigenvalue weighted by Crippen LogP contribution is 2.26. The van der Waals surface area contributed by atoms with Gasteiger partial charge in [0.15, 0.2) is 0 Å². The van der Waals surface area contributed by atoms with Crippen molar-refractivity contribution in [2.45, 2.75) is 26.9 Å². The van der Waals surface area contributed by atoms with Gasteiger partial charge in [-0.2, -0.15) is 0 Å². The van der Waals surface area contributed by atoms with Gasteiger partial charge in [-0.25, -0.2) is 4.98 Å². The van der Waals surface area contributed by atoms with E-state index in [2.05, 4.69) is 52.8 Å². The molecule has 0 unspecified atom stereocenters. The van der Waals surface area contributed by atoms with Crippen LogP contribution in [0.25, 0.3) is 0 Å². The molecular formula is C25H37N5O2. The predicted octanol–water partition coefficient (Wildman–Crippen LogP) is 2.85. The van der Waals surface area contributed by atoms with Gasteiger partial charge in [-0.15, -0.1) is 0 Å². The summed E-state index contributed by atoms with van der Waals surface area (Å²) in [6.45, 7) is 14.2. The lowest BCUT2D eigenvalue weighted by Gasteiger charge is -2.37. The number of nitrogen functional groups attached to an aromatic ring is 1. The highest BCUT2D eigenvalue weighted by molar-refractivity contribution is 5.60. The van der Waals surface area contributed by atoms with Crippen LogP contribution >= 0.6 is 0 Å². The summed E-state index contributed by atoms with van der Waals surface area (Å²) in [5.41, 5.74) is 11.6. The van der Waals surface area contributed by atoms with Crippen LogP contribution in [0.3, 0.4) is 0 Å². The molecule has 0 aliphatic carbocycles. The molecule has 174 valence electrons. The molecule has 2 N–H and O–H groups in total. The molecule has 0 atom stereocenters. The Bertz CT molecular complexity index is 856. The predicted molar refractivity (Wildman–Crippen MR) is 131 cm³/mol. The number of morpholine rings is 1. The quantitative estimate of drug-likeness (QED) is 0.501. The molecule has 1 aromatic heterocycles. The maximum absolute atomic E-state index is 6.10. The lowest BCUT2D eigenvalue weighted by molar-refractivity contribution is 0.0310. The highest BCUT2D eigenvalue weighted by atomic mass is 16.5. The van der Waals surface area contributed by atoms with Crippen LogP contribution in [0.4, 0.5) is 17.2 Å². The van der Waals surface area contributed by atoms with Crippen molar-refractivity contribution < 1.29 is 9.47 Å². The fourth-order valence-corrected chi connectivity index (χ4v) is 4.59. The van der Waals surface area contributed by atoms with Crippen LogP contribution in [0.5, 0.6) is 0 Å². The van der Waals surface area contributed by atoms with Gasteiger partial charge in [0.2, 0.25) is 0 Å². The molecule has 0 radical (unpaired) electrons. The van der Waals surface area contributed by atoms with Gasteiger partial charge in [-0.1, -0.05) is 0 Å². The van der Waals surface area contributed by atoms with Crippen molar-refractivity contribution in [2.24, 2.45) is 0 Å². The molecule has 1 aromatic carbocycles. The fraction of sp³-hybridized carbons (Fsp3) is 0.560. The van der Waals surface area contributed by atoms with E-state index in [4.69, 9.17) is 20.2 Å². The summed E-state index contributed by atoms with van der Waals surface area (Å²) in [5, 5.41) is 0. The Balaban J connectivity index is 1.30. The average molecular weight is 440 g/mol. The molecule has 7 nitrogen and oxygen atoms in total. The van der Waals surface area contributed by atoms with E-state index in [1.807, 2.05) is 6.07 Å². The number of pyridine rings is 1. The van der Waals surface area contributed by atoms with Gasteiger partial charge in [-0.3, -0.25) is 4.90 Å². The minimum absolute atomic E-state index is 0.600. The van der Waals surface area contributed by atoms with Crippen molar-refractivity contribution in [3.63, 3.8) is 0 Å². The maximum Gasteiger partial charge on any atom is 0.129 e. The Morgan fingerprint density at radius 3 is 2.47 bits per heavy atom. The Labute approximate surface area is 192 Å². The van der Waals surface area contributed by atoms with Gasteiger partial charge < -0.3 is 25.0 Å². The topological polar surface area (TPSA) is 67.1 Å². The number of nitrogens with two attached hydrogens (primary N) is 1. The first-order valence-corrected chi connectivity index (χ1v) is 11.8. The van der Waals surface area contributed by atoms with E-state index in [-0.39, 0.29) is 0 Å². The summed E-state index contributed by atoms with van der Waals surface area (Å²) in [4.78, 5) is 12.0. The number of ether oxygens (including phenoxy) is 2. The number of benzene rings is 1. The van der Waals surface area contributed by atoms with Gasteiger partial charge >= 0.3 is 0 Å². The first-order valence-electron chi connectivity index (χ1n) is 11.8. The van der Waals surface area contributed by atoms with Crippen LogP contribution in [0, 0.1) is 13.8 Å². The molecule has 2 aromatic rings. The van der Waals surface area contributed by atoms with Gasteiger partial charge in [0.05, 0.1) is 19.8 Å². The van der Waals surface area contributed by atoms with E-state index in [9.17, 15) is 0 Å². The van der Waals surface area contributed by atoms with Gasteiger partial charge in [0.1, 0.15) is 5.82 Å². The molecular weight excluding hydrogens is 402 g/mol. The number of anilines is 3. The normalized spacial score (nSPS) is 17.7. The van der Waals surface area contributed by atoms with E-state index in [0.29, 0.717) is 6.61 Å². The Kier molecular flexibility index (Phi) is 7.84. The largest absolute Gasteiger partial charge is 0.399 e. The minimum atomic E-state index is 0.600. The molecule has 0 amide bonds. The van der Waals surface area contributed by atoms with Crippen LogP contribution in [0.15, 0.2) is 30.3 Å². The molecule has 0 bridgehead atoms. The maximum atomic E-state index is 6.10. The molecule has 0 spiro atoms. The molecule has 7 heteroatoms. The zero-order valence-corrected chi connectivity index (χ0v) is 19.6. The Hall–Kier alpha value is -2.35. The third-order valence-corrected chi connectivity index (χ3v) is 6.26. The van der Waals surface area contributed by atoms with E-state index in [1.54, 1.807) is 0 Å². The fourth-order valence-electron chi connectivity index (χ4n) is 4.59. The second kappa shape index (κ2) is 11.0. The van der Waals surface area contributed by atoms with E-state index in [1.165, 1.54) is 16.8 Å². The third-order valence-electron chi connectivity index (χ3n) is 6.26. The zero-order valence-electron chi connectivity index (χ0n) is 19.6. The van der Waals surface area contributed by atoms with Crippen LogP contribution in [0.1, 0.15) is 23.2 Å². The van der Waals surface area contributed by atoms with Crippen LogP contribution in [-0.2, 0) is 16.1 Å². The third kappa shape index (κ3) is 6.12. The van der Waals surface area contributed by atoms with E-state index < -0.39 is 0 Å². The summed E-state index contributed by atoms with van der Waals surface area (Å²) >= 11 is 0. The second-order valence-corrected chi connectivity index (χ2v) is 8.87. The van der Waals surface area contributed by atoms with Crippen molar-refractivity contribution in [3.05, 3.63) is 47.2 Å². The van der Waals surface area contributed by atoms with Crippen LogP contribution in [-0.4, -0.2) is 75.5 Å². The van der Waals surface area contributed by atoms with Gasteiger partial charge in [-0.05, 0) is 56.2 Å². The summed E-state index contributed by atoms with van der Waals surface area (Å²) in [7, 11) is 0. The van der Waals surface area contributed by atoms with Crippen LogP contribution < -0.4 is 15.5 Å². The Morgan fingerprint density at radius 1 is 0.969 bits per heavy atom. The standard InChI is InChI=1S/C25H37N5O2/c1-20-16-21(2)27-25(17-20)30-9-7-29(8-10-30)24-5-4-23(26)18-22(24)19-32-13-3-6-28-11-14-31-15-12-28/h4-5,16-18H,3,6-15,19,26H2,1-2H3. The van der Waals surface area contributed by atoms with Crippen LogP contribution in [0.2, 0.25) is 0 Å².